The number of hydrogen-bond donors (Lipinski definition) is 1. The fraction of sp³-hybridized carbons (Fsp3) is 0.120. The number of nitrogens with zero attached hydrogens (tertiary/aromatic N) is 2. The minimum absolute atomic E-state index is 0.0440. The molecule has 2 heterocycles. The zero-order valence-electron chi connectivity index (χ0n) is 16.4. The molecule has 148 valence electrons. The lowest BCUT2D eigenvalue weighted by atomic mass is 9.90. The van der Waals surface area contributed by atoms with Gasteiger partial charge in [0.2, 0.25) is 5.91 Å². The molecule has 1 aromatic heterocycles. The van der Waals surface area contributed by atoms with Gasteiger partial charge >= 0.3 is 0 Å². The summed E-state index contributed by atoms with van der Waals surface area (Å²) in [7, 11) is 0. The Morgan fingerprint density at radius 1 is 0.900 bits per heavy atom. The smallest absolute Gasteiger partial charge is 0.236 e. The van der Waals surface area contributed by atoms with Crippen LogP contribution in [0.15, 0.2) is 96.3 Å². The van der Waals surface area contributed by atoms with Gasteiger partial charge in [0.05, 0.1) is 11.6 Å². The number of anilines is 1. The number of carbonyl (C=O) groups excluding carboxylic acids is 1. The van der Waals surface area contributed by atoms with E-state index < -0.39 is 0 Å². The first kappa shape index (κ1) is 18.7. The van der Waals surface area contributed by atoms with E-state index in [9.17, 15) is 4.79 Å². The van der Waals surface area contributed by atoms with Gasteiger partial charge in [-0.3, -0.25) is 4.79 Å². The molecular weight excluding hydrogens is 390 g/mol. The first-order chi connectivity index (χ1) is 14.8. The Morgan fingerprint density at radius 2 is 1.53 bits per heavy atom. The molecule has 5 rings (SSSR count). The highest BCUT2D eigenvalue weighted by Gasteiger charge is 2.22. The van der Waals surface area contributed by atoms with Gasteiger partial charge in [0.1, 0.15) is 0 Å². The van der Waals surface area contributed by atoms with Crippen LogP contribution in [-0.2, 0) is 11.3 Å². The van der Waals surface area contributed by atoms with Gasteiger partial charge in [-0.2, -0.15) is 0 Å². The highest BCUT2D eigenvalue weighted by atomic mass is 32.2. The topological polar surface area (TPSA) is 46.9 Å². The SMILES string of the molecule is O=C(Nc1ccc(-c2cn3c(n2)SCC3)cc1)C(c1ccccc1)c1ccccc1. The van der Waals surface area contributed by atoms with Gasteiger partial charge in [0.15, 0.2) is 5.16 Å². The minimum atomic E-state index is -0.361. The molecule has 1 aliphatic heterocycles. The number of aromatic nitrogens is 2. The Hall–Kier alpha value is -3.31. The van der Waals surface area contributed by atoms with E-state index >= 15 is 0 Å². The Balaban J connectivity index is 1.37. The summed E-state index contributed by atoms with van der Waals surface area (Å²) in [5.74, 6) is 0.690. The van der Waals surface area contributed by atoms with Crippen LogP contribution in [0, 0.1) is 0 Å². The van der Waals surface area contributed by atoms with E-state index in [1.54, 1.807) is 11.8 Å². The van der Waals surface area contributed by atoms with Crippen molar-refractivity contribution in [1.82, 2.24) is 9.55 Å². The number of rotatable bonds is 5. The molecule has 0 atom stereocenters. The third-order valence-electron chi connectivity index (χ3n) is 5.28. The van der Waals surface area contributed by atoms with Crippen LogP contribution in [0.25, 0.3) is 11.3 Å². The van der Waals surface area contributed by atoms with E-state index in [1.165, 1.54) is 0 Å². The van der Waals surface area contributed by atoms with Crippen molar-refractivity contribution in [2.24, 2.45) is 0 Å². The van der Waals surface area contributed by atoms with E-state index in [1.807, 2.05) is 84.9 Å². The molecule has 0 bridgehead atoms. The molecule has 4 aromatic rings. The van der Waals surface area contributed by atoms with Crippen LogP contribution < -0.4 is 5.32 Å². The molecule has 4 nitrogen and oxygen atoms in total. The average molecular weight is 412 g/mol. The molecule has 0 saturated heterocycles. The molecule has 0 aliphatic carbocycles. The lowest BCUT2D eigenvalue weighted by Gasteiger charge is -2.18. The molecule has 1 aliphatic rings. The van der Waals surface area contributed by atoms with Crippen molar-refractivity contribution in [1.29, 1.82) is 0 Å². The zero-order chi connectivity index (χ0) is 20.3. The standard InChI is InChI=1S/C25H21N3OS/c29-24(23(19-7-3-1-4-8-19)20-9-5-2-6-10-20)26-21-13-11-18(12-14-21)22-17-28-15-16-30-25(28)27-22/h1-14,17,23H,15-16H2,(H,26,29). The maximum Gasteiger partial charge on any atom is 0.236 e. The fourth-order valence-electron chi connectivity index (χ4n) is 3.77. The third kappa shape index (κ3) is 3.76. The van der Waals surface area contributed by atoms with Gasteiger partial charge < -0.3 is 9.88 Å². The second-order valence-electron chi connectivity index (χ2n) is 7.27. The Morgan fingerprint density at radius 3 is 2.13 bits per heavy atom. The van der Waals surface area contributed by atoms with Crippen LogP contribution in [0.1, 0.15) is 17.0 Å². The third-order valence-corrected chi connectivity index (χ3v) is 6.25. The molecule has 30 heavy (non-hydrogen) atoms. The van der Waals surface area contributed by atoms with Gasteiger partial charge in [-0.25, -0.2) is 4.98 Å². The Kier molecular flexibility index (Phi) is 5.11. The van der Waals surface area contributed by atoms with Crippen molar-refractivity contribution in [2.45, 2.75) is 17.6 Å². The van der Waals surface area contributed by atoms with Gasteiger partial charge in [-0.05, 0) is 23.3 Å². The number of benzene rings is 3. The van der Waals surface area contributed by atoms with Gasteiger partial charge in [-0.1, -0.05) is 84.6 Å². The van der Waals surface area contributed by atoms with Crippen LogP contribution in [0.3, 0.4) is 0 Å². The van der Waals surface area contributed by atoms with E-state index in [0.29, 0.717) is 0 Å². The summed E-state index contributed by atoms with van der Waals surface area (Å²) >= 11 is 1.79. The van der Waals surface area contributed by atoms with Crippen LogP contribution in [0.4, 0.5) is 5.69 Å². The highest BCUT2D eigenvalue weighted by molar-refractivity contribution is 7.99. The van der Waals surface area contributed by atoms with Crippen LogP contribution in [0.5, 0.6) is 0 Å². The van der Waals surface area contributed by atoms with Crippen molar-refractivity contribution in [3.8, 4) is 11.3 Å². The van der Waals surface area contributed by atoms with Crippen molar-refractivity contribution in [2.75, 3.05) is 11.1 Å². The Labute approximate surface area is 180 Å². The fourth-order valence-corrected chi connectivity index (χ4v) is 4.72. The predicted octanol–water partition coefficient (Wildman–Crippen LogP) is 5.43. The summed E-state index contributed by atoms with van der Waals surface area (Å²) in [5, 5.41) is 4.17. The van der Waals surface area contributed by atoms with Crippen molar-refractivity contribution in [3.05, 3.63) is 102 Å². The van der Waals surface area contributed by atoms with E-state index in [2.05, 4.69) is 16.1 Å². The van der Waals surface area contributed by atoms with Gasteiger partial charge in [0, 0.05) is 29.7 Å². The first-order valence-corrected chi connectivity index (χ1v) is 11.0. The molecule has 1 N–H and O–H groups in total. The van der Waals surface area contributed by atoms with Crippen molar-refractivity contribution < 1.29 is 4.79 Å². The molecule has 0 fully saturated rings. The molecule has 3 aromatic carbocycles. The predicted molar refractivity (Wildman–Crippen MR) is 122 cm³/mol. The number of imidazole rings is 1. The van der Waals surface area contributed by atoms with E-state index in [0.717, 1.165) is 45.5 Å². The lowest BCUT2D eigenvalue weighted by molar-refractivity contribution is -0.116. The van der Waals surface area contributed by atoms with E-state index in [4.69, 9.17) is 4.98 Å². The number of hydrogen-bond acceptors (Lipinski definition) is 3. The zero-order valence-corrected chi connectivity index (χ0v) is 17.2. The highest BCUT2D eigenvalue weighted by Crippen LogP contribution is 2.30. The number of amides is 1. The summed E-state index contributed by atoms with van der Waals surface area (Å²) in [6.07, 6.45) is 2.10. The summed E-state index contributed by atoms with van der Waals surface area (Å²) in [5.41, 5.74) is 4.76. The number of thioether (sulfide) groups is 1. The van der Waals surface area contributed by atoms with Gasteiger partial charge in [0.25, 0.3) is 0 Å². The number of carbonyl (C=O) groups is 1. The first-order valence-electron chi connectivity index (χ1n) is 9.99. The largest absolute Gasteiger partial charge is 0.325 e. The molecule has 0 unspecified atom stereocenters. The number of nitrogens with one attached hydrogen (secondary N) is 1. The monoisotopic (exact) mass is 411 g/mol. The van der Waals surface area contributed by atoms with Crippen LogP contribution in [-0.4, -0.2) is 21.2 Å². The minimum Gasteiger partial charge on any atom is -0.325 e. The molecule has 0 radical (unpaired) electrons. The lowest BCUT2D eigenvalue weighted by Crippen LogP contribution is -2.22. The van der Waals surface area contributed by atoms with Crippen molar-refractivity contribution in [3.63, 3.8) is 0 Å². The second kappa shape index (κ2) is 8.20. The van der Waals surface area contributed by atoms with Crippen LogP contribution >= 0.6 is 11.8 Å². The normalized spacial score (nSPS) is 12.7. The second-order valence-corrected chi connectivity index (χ2v) is 8.33. The summed E-state index contributed by atoms with van der Waals surface area (Å²) in [4.78, 5) is 17.9. The maximum absolute atomic E-state index is 13.2. The molecule has 0 saturated carbocycles. The van der Waals surface area contributed by atoms with Gasteiger partial charge in [-0.15, -0.1) is 0 Å². The van der Waals surface area contributed by atoms with E-state index in [-0.39, 0.29) is 11.8 Å². The summed E-state index contributed by atoms with van der Waals surface area (Å²) in [6, 6.07) is 27.7. The molecule has 1 amide bonds. The number of fused-ring (bicyclic) bond motifs is 1. The van der Waals surface area contributed by atoms with Crippen LogP contribution in [0.2, 0.25) is 0 Å². The number of aryl methyl sites for hydroxylation is 1. The Bertz CT molecular complexity index is 1090. The molecular formula is C25H21N3OS. The summed E-state index contributed by atoms with van der Waals surface area (Å²) in [6.45, 7) is 1.02. The molecule has 5 heteroatoms. The van der Waals surface area contributed by atoms with Crippen molar-refractivity contribution >= 4 is 23.4 Å². The average Bonchev–Trinajstić information content (AvgIpc) is 3.39. The molecule has 0 spiro atoms. The quantitative estimate of drug-likeness (QED) is 0.477. The summed E-state index contributed by atoms with van der Waals surface area (Å²) < 4.78 is 2.19. The maximum atomic E-state index is 13.2.